The summed E-state index contributed by atoms with van der Waals surface area (Å²) in [5, 5.41) is 5.70. The summed E-state index contributed by atoms with van der Waals surface area (Å²) in [4.78, 5) is 12.7. The normalized spacial score (nSPS) is 16.9. The van der Waals surface area contributed by atoms with Crippen LogP contribution >= 0.6 is 11.8 Å². The van der Waals surface area contributed by atoms with E-state index >= 15 is 0 Å². The lowest BCUT2D eigenvalue weighted by Crippen LogP contribution is -2.34. The number of benzene rings is 2. The van der Waals surface area contributed by atoms with Crippen LogP contribution in [0.3, 0.4) is 0 Å². The van der Waals surface area contributed by atoms with Crippen LogP contribution < -0.4 is 10.6 Å². The van der Waals surface area contributed by atoms with Crippen LogP contribution in [0.1, 0.15) is 18.0 Å². The van der Waals surface area contributed by atoms with Crippen molar-refractivity contribution in [3.8, 4) is 0 Å². The number of rotatable bonds is 2. The van der Waals surface area contributed by atoms with E-state index in [1.807, 2.05) is 36.4 Å². The zero-order valence-corrected chi connectivity index (χ0v) is 12.1. The summed E-state index contributed by atoms with van der Waals surface area (Å²) < 4.78 is 13.8. The van der Waals surface area contributed by atoms with Gasteiger partial charge in [-0.1, -0.05) is 30.3 Å². The fraction of sp³-hybridized carbons (Fsp3) is 0.188. The number of carbonyl (C=O) groups is 1. The number of nitrogens with one attached hydrogen (secondary N) is 2. The average Bonchev–Trinajstić information content (AvgIpc) is 2.49. The molecular formula is C16H15FN2OS. The molecule has 1 unspecified atom stereocenters. The number of urea groups is 1. The monoisotopic (exact) mass is 302 g/mol. The van der Waals surface area contributed by atoms with Crippen molar-refractivity contribution in [3.63, 3.8) is 0 Å². The van der Waals surface area contributed by atoms with Crippen molar-refractivity contribution < 1.29 is 9.18 Å². The first-order chi connectivity index (χ1) is 10.2. The highest BCUT2D eigenvalue weighted by molar-refractivity contribution is 7.99. The molecule has 0 spiro atoms. The van der Waals surface area contributed by atoms with Gasteiger partial charge in [-0.05, 0) is 30.2 Å². The maximum Gasteiger partial charge on any atom is 0.319 e. The molecule has 0 saturated carbocycles. The summed E-state index contributed by atoms with van der Waals surface area (Å²) in [7, 11) is 0. The number of hydrogen-bond acceptors (Lipinski definition) is 2. The zero-order valence-electron chi connectivity index (χ0n) is 11.3. The molecule has 0 radical (unpaired) electrons. The van der Waals surface area contributed by atoms with Gasteiger partial charge in [0, 0.05) is 16.3 Å². The van der Waals surface area contributed by atoms with Crippen LogP contribution in [-0.4, -0.2) is 11.8 Å². The van der Waals surface area contributed by atoms with Gasteiger partial charge in [0.05, 0.1) is 6.04 Å². The van der Waals surface area contributed by atoms with Gasteiger partial charge in [-0.25, -0.2) is 9.18 Å². The lowest BCUT2D eigenvalue weighted by molar-refractivity contribution is 0.248. The first-order valence-electron chi connectivity index (χ1n) is 6.78. The largest absolute Gasteiger partial charge is 0.331 e. The van der Waals surface area contributed by atoms with Crippen molar-refractivity contribution >= 4 is 23.5 Å². The third kappa shape index (κ3) is 3.19. The van der Waals surface area contributed by atoms with Gasteiger partial charge in [-0.15, -0.1) is 11.8 Å². The Balaban J connectivity index is 1.72. The van der Waals surface area contributed by atoms with Crippen LogP contribution in [0.2, 0.25) is 0 Å². The second-order valence-corrected chi connectivity index (χ2v) is 5.92. The van der Waals surface area contributed by atoms with Crippen LogP contribution in [0.15, 0.2) is 53.4 Å². The maximum absolute atomic E-state index is 13.8. The van der Waals surface area contributed by atoms with Crippen molar-refractivity contribution in [2.45, 2.75) is 17.4 Å². The van der Waals surface area contributed by atoms with Gasteiger partial charge in [-0.3, -0.25) is 0 Å². The number of fused-ring (bicyclic) bond motifs is 1. The lowest BCUT2D eigenvalue weighted by Gasteiger charge is -2.26. The topological polar surface area (TPSA) is 41.1 Å². The van der Waals surface area contributed by atoms with Gasteiger partial charge < -0.3 is 10.6 Å². The Labute approximate surface area is 126 Å². The number of anilines is 1. The third-order valence-corrected chi connectivity index (χ3v) is 4.52. The molecule has 3 rings (SSSR count). The molecule has 2 aromatic rings. The highest BCUT2D eigenvalue weighted by atomic mass is 32.2. The number of hydrogen-bond donors (Lipinski definition) is 2. The quantitative estimate of drug-likeness (QED) is 0.873. The highest BCUT2D eigenvalue weighted by Crippen LogP contribution is 2.37. The van der Waals surface area contributed by atoms with Crippen LogP contribution in [0.4, 0.5) is 14.9 Å². The molecule has 108 valence electrons. The fourth-order valence-corrected chi connectivity index (χ4v) is 3.52. The maximum atomic E-state index is 13.8. The van der Waals surface area contributed by atoms with Gasteiger partial charge in [0.2, 0.25) is 0 Å². The average molecular weight is 302 g/mol. The van der Waals surface area contributed by atoms with Crippen molar-refractivity contribution in [1.29, 1.82) is 0 Å². The Hall–Kier alpha value is -2.01. The minimum absolute atomic E-state index is 0.152. The minimum atomic E-state index is -0.270. The van der Waals surface area contributed by atoms with Crippen molar-refractivity contribution in [1.82, 2.24) is 5.32 Å². The lowest BCUT2D eigenvalue weighted by atomic mass is 10.0. The Kier molecular flexibility index (Phi) is 4.10. The predicted octanol–water partition coefficient (Wildman–Crippen LogP) is 4.18. The Morgan fingerprint density at radius 1 is 1.14 bits per heavy atom. The zero-order chi connectivity index (χ0) is 14.7. The number of para-hydroxylation sites is 1. The fourth-order valence-electron chi connectivity index (χ4n) is 2.38. The van der Waals surface area contributed by atoms with E-state index in [0.717, 1.165) is 23.4 Å². The summed E-state index contributed by atoms with van der Waals surface area (Å²) in [6.07, 6.45) is 0.795. The van der Waals surface area contributed by atoms with E-state index in [9.17, 15) is 9.18 Å². The summed E-state index contributed by atoms with van der Waals surface area (Å²) in [5.74, 6) is 0.581. The third-order valence-electron chi connectivity index (χ3n) is 3.36. The number of carbonyl (C=O) groups excluding carboxylic acids is 1. The van der Waals surface area contributed by atoms with E-state index in [0.29, 0.717) is 4.90 Å². The highest BCUT2D eigenvalue weighted by Gasteiger charge is 2.24. The van der Waals surface area contributed by atoms with Crippen molar-refractivity contribution in [2.75, 3.05) is 11.1 Å². The van der Waals surface area contributed by atoms with Crippen LogP contribution in [0.25, 0.3) is 0 Å². The molecule has 0 saturated heterocycles. The van der Waals surface area contributed by atoms with Crippen molar-refractivity contribution in [3.05, 3.63) is 59.9 Å². The van der Waals surface area contributed by atoms with E-state index < -0.39 is 0 Å². The van der Waals surface area contributed by atoms with E-state index in [-0.39, 0.29) is 17.9 Å². The van der Waals surface area contributed by atoms with Crippen LogP contribution in [0.5, 0.6) is 0 Å². The van der Waals surface area contributed by atoms with Crippen LogP contribution in [0, 0.1) is 5.82 Å². The molecule has 5 heteroatoms. The van der Waals surface area contributed by atoms with Gasteiger partial charge in [0.25, 0.3) is 0 Å². The molecule has 2 N–H and O–H groups in total. The molecule has 1 atom stereocenters. The smallest absolute Gasteiger partial charge is 0.319 e. The SMILES string of the molecule is O=C(Nc1ccccc1)NC1CCSc2c(F)cccc21. The Bertz CT molecular complexity index is 648. The Morgan fingerprint density at radius 2 is 1.95 bits per heavy atom. The molecule has 3 nitrogen and oxygen atoms in total. The second kappa shape index (κ2) is 6.18. The summed E-state index contributed by atoms with van der Waals surface area (Å²) in [6.45, 7) is 0. The second-order valence-electron chi connectivity index (χ2n) is 4.81. The Morgan fingerprint density at radius 3 is 2.76 bits per heavy atom. The standard InChI is InChI=1S/C16H15FN2OS/c17-13-8-4-7-12-14(9-10-21-15(12)13)19-16(20)18-11-5-2-1-3-6-11/h1-8,14H,9-10H2,(H2,18,19,20). The number of halogens is 1. The van der Waals surface area contributed by atoms with Crippen molar-refractivity contribution in [2.24, 2.45) is 0 Å². The predicted molar refractivity (Wildman–Crippen MR) is 83.1 cm³/mol. The molecule has 0 aromatic heterocycles. The molecule has 0 bridgehead atoms. The summed E-state index contributed by atoms with van der Waals surface area (Å²) in [5.41, 5.74) is 1.59. The molecule has 0 aliphatic carbocycles. The van der Waals surface area contributed by atoms with Gasteiger partial charge >= 0.3 is 6.03 Å². The molecule has 21 heavy (non-hydrogen) atoms. The molecular weight excluding hydrogens is 287 g/mol. The molecule has 1 aliphatic rings. The first-order valence-corrected chi connectivity index (χ1v) is 7.76. The van der Waals surface area contributed by atoms with E-state index in [4.69, 9.17) is 0 Å². The van der Waals surface area contributed by atoms with E-state index in [1.54, 1.807) is 6.07 Å². The van der Waals surface area contributed by atoms with Crippen LogP contribution in [-0.2, 0) is 0 Å². The van der Waals surface area contributed by atoms with Gasteiger partial charge in [-0.2, -0.15) is 0 Å². The van der Waals surface area contributed by atoms with E-state index in [1.165, 1.54) is 17.8 Å². The summed E-state index contributed by atoms with van der Waals surface area (Å²) >= 11 is 1.50. The number of thioether (sulfide) groups is 1. The molecule has 0 fully saturated rings. The first kappa shape index (κ1) is 13.9. The molecule has 2 aromatic carbocycles. The van der Waals surface area contributed by atoms with Gasteiger partial charge in [0.15, 0.2) is 0 Å². The number of amides is 2. The molecule has 2 amide bonds. The molecule has 1 aliphatic heterocycles. The summed E-state index contributed by atoms with van der Waals surface area (Å²) in [6, 6.07) is 13.8. The minimum Gasteiger partial charge on any atom is -0.331 e. The molecule has 1 heterocycles. The van der Waals surface area contributed by atoms with Gasteiger partial charge in [0.1, 0.15) is 5.82 Å². The van der Waals surface area contributed by atoms with E-state index in [2.05, 4.69) is 10.6 Å².